The van der Waals surface area contributed by atoms with Crippen LogP contribution >= 0.6 is 0 Å². The highest BCUT2D eigenvalue weighted by Gasteiger charge is 2.37. The minimum Gasteiger partial charge on any atom is -0.598 e. The third-order valence-electron chi connectivity index (χ3n) is 6.54. The molecule has 1 saturated carbocycles. The van der Waals surface area contributed by atoms with E-state index in [1.165, 1.54) is 36.2 Å². The number of piperidine rings is 1. The molecule has 8 nitrogen and oxygen atoms in total. The van der Waals surface area contributed by atoms with Gasteiger partial charge in [0.2, 0.25) is 5.91 Å². The zero-order chi connectivity index (χ0) is 19.7. The van der Waals surface area contributed by atoms with Crippen molar-refractivity contribution in [3.63, 3.8) is 0 Å². The molecule has 1 aromatic heterocycles. The number of carbonyl (C=O) groups excluding carboxylic acids is 1. The highest BCUT2D eigenvalue weighted by atomic mass is 32.3. The van der Waals surface area contributed by atoms with Gasteiger partial charge in [-0.05, 0) is 32.1 Å². The largest absolute Gasteiger partial charge is 0.598 e. The molecule has 156 valence electrons. The molecule has 2 aliphatic heterocycles. The van der Waals surface area contributed by atoms with Gasteiger partial charge in [-0.3, -0.25) is 4.79 Å². The standard InChI is InChI=1S/C19H31N5O3S/c1-28(26,27)23-12-10-14(11-13-23)18-22-21-17-9-8-16(24(17)18)19(25)20-15-6-4-2-3-5-7-15/h14-16H,2-13H2,1H3,(H-,20,25,26,27). The summed E-state index contributed by atoms with van der Waals surface area (Å²) in [7, 11) is -3.15. The zero-order valence-electron chi connectivity index (χ0n) is 16.6. The minimum absolute atomic E-state index is 0.0975. The van der Waals surface area contributed by atoms with Crippen LogP contribution in [0.25, 0.3) is 0 Å². The van der Waals surface area contributed by atoms with E-state index in [1.54, 1.807) is 0 Å². The fourth-order valence-corrected chi connectivity index (χ4v) is 5.81. The van der Waals surface area contributed by atoms with Crippen LogP contribution in [0.5, 0.6) is 0 Å². The van der Waals surface area contributed by atoms with E-state index in [0.717, 1.165) is 50.2 Å². The summed E-state index contributed by atoms with van der Waals surface area (Å²) >= 11 is 0. The van der Waals surface area contributed by atoms with Gasteiger partial charge in [-0.2, -0.15) is 0 Å². The molecular formula is C19H31N5O3S. The zero-order valence-corrected chi connectivity index (χ0v) is 17.5. The van der Waals surface area contributed by atoms with Crippen LogP contribution in [-0.4, -0.2) is 54.9 Å². The van der Waals surface area contributed by atoms with Crippen molar-refractivity contribution in [2.75, 3.05) is 19.3 Å². The van der Waals surface area contributed by atoms with Crippen molar-refractivity contribution in [1.29, 1.82) is 0 Å². The molecular weight excluding hydrogens is 378 g/mol. The van der Waals surface area contributed by atoms with Gasteiger partial charge in [0.1, 0.15) is 34.3 Å². The number of carbonyl (C=O) groups is 1. The first-order valence-corrected chi connectivity index (χ1v) is 12.5. The summed E-state index contributed by atoms with van der Waals surface area (Å²) in [6.45, 7) is 1.01. The second kappa shape index (κ2) is 8.20. The van der Waals surface area contributed by atoms with E-state index in [4.69, 9.17) is 0 Å². The Bertz CT molecular complexity index is 745. The third-order valence-corrected chi connectivity index (χ3v) is 7.84. The van der Waals surface area contributed by atoms with Gasteiger partial charge in [0.15, 0.2) is 0 Å². The molecule has 28 heavy (non-hydrogen) atoms. The molecule has 1 aliphatic carbocycles. The maximum Gasteiger partial charge on any atom is 0.243 e. The number of rotatable bonds is 4. The Morgan fingerprint density at radius 2 is 1.75 bits per heavy atom. The summed E-state index contributed by atoms with van der Waals surface area (Å²) < 4.78 is 27.1. The van der Waals surface area contributed by atoms with Crippen LogP contribution in [0.1, 0.15) is 81.4 Å². The lowest BCUT2D eigenvalue weighted by atomic mass is 9.97. The maximum absolute atomic E-state index is 13.0. The predicted molar refractivity (Wildman–Crippen MR) is 105 cm³/mol. The molecule has 1 saturated heterocycles. The van der Waals surface area contributed by atoms with Crippen LogP contribution in [0, 0.1) is 0 Å². The summed E-state index contributed by atoms with van der Waals surface area (Å²) in [5.41, 5.74) is 0. The molecule has 0 aromatic carbocycles. The van der Waals surface area contributed by atoms with Gasteiger partial charge in [-0.1, -0.05) is 29.9 Å². The Hall–Kier alpha value is -1.32. The normalized spacial score (nSPS) is 27.1. The van der Waals surface area contributed by atoms with E-state index in [9.17, 15) is 13.6 Å². The lowest BCUT2D eigenvalue weighted by Gasteiger charge is -2.32. The Balaban J connectivity index is 1.44. The molecule has 2 fully saturated rings. The Labute approximate surface area is 167 Å². The number of nitrogens with zero attached hydrogens (tertiary/aromatic N) is 4. The molecule has 1 amide bonds. The second-order valence-electron chi connectivity index (χ2n) is 8.53. The Kier molecular flexibility index (Phi) is 5.85. The smallest absolute Gasteiger partial charge is 0.243 e. The predicted octanol–water partition coefficient (Wildman–Crippen LogP) is 1.96. The van der Waals surface area contributed by atoms with Crippen molar-refractivity contribution >= 4 is 16.3 Å². The number of hydrogen-bond donors (Lipinski definition) is 1. The van der Waals surface area contributed by atoms with Crippen LogP contribution in [0.4, 0.5) is 0 Å². The van der Waals surface area contributed by atoms with Gasteiger partial charge in [0.25, 0.3) is 0 Å². The third kappa shape index (κ3) is 4.16. The van der Waals surface area contributed by atoms with Crippen LogP contribution in [0.2, 0.25) is 0 Å². The van der Waals surface area contributed by atoms with Crippen LogP contribution in [-0.2, 0) is 25.8 Å². The molecule has 0 radical (unpaired) electrons. The van der Waals surface area contributed by atoms with Gasteiger partial charge in [-0.15, -0.1) is 14.5 Å². The number of nitrogens with one attached hydrogen (secondary N) is 1. The number of fused-ring (bicyclic) bond motifs is 1. The molecule has 3 heterocycles. The van der Waals surface area contributed by atoms with E-state index < -0.39 is 10.4 Å². The molecule has 1 N–H and O–H groups in total. The SMILES string of the molecule is C[S+](=O)([O-])N1CCC(c2nnc3n2C(C(=O)NC2CCCCCC2)CC3)CC1. The van der Waals surface area contributed by atoms with Crippen molar-refractivity contribution < 1.29 is 13.6 Å². The first-order chi connectivity index (χ1) is 13.4. The van der Waals surface area contributed by atoms with Crippen LogP contribution < -0.4 is 5.32 Å². The maximum atomic E-state index is 13.0. The average molecular weight is 410 g/mol. The Morgan fingerprint density at radius 1 is 1.07 bits per heavy atom. The van der Waals surface area contributed by atoms with Crippen molar-refractivity contribution in [2.24, 2.45) is 0 Å². The first kappa shape index (κ1) is 20.0. The Morgan fingerprint density at radius 3 is 2.39 bits per heavy atom. The molecule has 0 bridgehead atoms. The second-order valence-corrected chi connectivity index (χ2v) is 10.5. The molecule has 0 spiro atoms. The summed E-state index contributed by atoms with van der Waals surface area (Å²) in [6.07, 6.45) is 11.3. The molecule has 1 aromatic rings. The number of amides is 1. The van der Waals surface area contributed by atoms with E-state index in [-0.39, 0.29) is 23.9 Å². The lowest BCUT2D eigenvalue weighted by Crippen LogP contribution is -2.42. The summed E-state index contributed by atoms with van der Waals surface area (Å²) in [4.78, 5) is 13.0. The van der Waals surface area contributed by atoms with Crippen LogP contribution in [0.3, 0.4) is 0 Å². The van der Waals surface area contributed by atoms with Crippen molar-refractivity contribution in [1.82, 2.24) is 24.4 Å². The first-order valence-electron chi connectivity index (χ1n) is 10.6. The number of hydrogen-bond acceptors (Lipinski definition) is 5. The lowest BCUT2D eigenvalue weighted by molar-refractivity contribution is -0.125. The fraction of sp³-hybridized carbons (Fsp3) is 0.842. The van der Waals surface area contributed by atoms with E-state index in [1.807, 2.05) is 4.57 Å². The summed E-state index contributed by atoms with van der Waals surface area (Å²) in [5, 5.41) is 12.0. The van der Waals surface area contributed by atoms with Crippen LogP contribution in [0.15, 0.2) is 0 Å². The van der Waals surface area contributed by atoms with Crippen molar-refractivity contribution in [3.8, 4) is 0 Å². The summed E-state index contributed by atoms with van der Waals surface area (Å²) in [6, 6.07) is 0.0631. The van der Waals surface area contributed by atoms with Gasteiger partial charge >= 0.3 is 0 Å². The van der Waals surface area contributed by atoms with Crippen molar-refractivity contribution in [2.45, 2.75) is 82.2 Å². The van der Waals surface area contributed by atoms with Gasteiger partial charge in [-0.25, -0.2) is 0 Å². The molecule has 9 heteroatoms. The topological polar surface area (TPSA) is 103 Å². The van der Waals surface area contributed by atoms with Gasteiger partial charge in [0, 0.05) is 31.5 Å². The molecule has 3 aliphatic rings. The summed E-state index contributed by atoms with van der Waals surface area (Å²) in [5.74, 6) is 2.01. The fourth-order valence-electron chi connectivity index (χ4n) is 4.94. The monoisotopic (exact) mass is 409 g/mol. The highest BCUT2D eigenvalue weighted by Crippen LogP contribution is 2.35. The van der Waals surface area contributed by atoms with Crippen molar-refractivity contribution in [3.05, 3.63) is 11.6 Å². The molecule has 2 unspecified atom stereocenters. The van der Waals surface area contributed by atoms with E-state index >= 15 is 0 Å². The van der Waals surface area contributed by atoms with E-state index in [0.29, 0.717) is 13.1 Å². The quantitative estimate of drug-likeness (QED) is 0.605. The van der Waals surface area contributed by atoms with Gasteiger partial charge in [0.05, 0.1) is 0 Å². The average Bonchev–Trinajstić information content (AvgIpc) is 3.16. The van der Waals surface area contributed by atoms with E-state index in [2.05, 4.69) is 15.5 Å². The minimum atomic E-state index is -3.15. The number of aryl methyl sites for hydroxylation is 1. The number of sulfonamides is 1. The molecule has 4 rings (SSSR count). The number of aromatic nitrogens is 3. The van der Waals surface area contributed by atoms with Gasteiger partial charge < -0.3 is 14.4 Å². The highest BCUT2D eigenvalue weighted by molar-refractivity contribution is 7.94. The molecule has 2 atom stereocenters.